The minimum absolute atomic E-state index is 0.389. The Hall–Kier alpha value is -1.58. The van der Waals surface area contributed by atoms with Crippen LogP contribution in [0.3, 0.4) is 0 Å². The number of rotatable bonds is 4. The smallest absolute Gasteiger partial charge is 0.395 e. The number of hydrogen-bond acceptors (Lipinski definition) is 4. The average molecular weight is 289 g/mol. The summed E-state index contributed by atoms with van der Waals surface area (Å²) >= 11 is 0. The molecule has 10 heteroatoms. The summed E-state index contributed by atoms with van der Waals surface area (Å²) in [5.74, 6) is -0.389. The van der Waals surface area contributed by atoms with Gasteiger partial charge >= 0.3 is 12.4 Å². The van der Waals surface area contributed by atoms with Crippen LogP contribution in [0, 0.1) is 0 Å². The van der Waals surface area contributed by atoms with E-state index in [9.17, 15) is 26.3 Å². The van der Waals surface area contributed by atoms with Crippen molar-refractivity contribution in [2.24, 2.45) is 0 Å². The molecule has 1 rings (SSSR count). The third kappa shape index (κ3) is 4.89. The molecule has 1 N–H and O–H groups in total. The molecule has 0 aromatic carbocycles. The number of halogens is 6. The number of hydrogen-bond donors (Lipinski definition) is 1. The maximum atomic E-state index is 12.2. The summed E-state index contributed by atoms with van der Waals surface area (Å²) in [5.41, 5.74) is -1.30. The molecule has 0 aliphatic rings. The highest BCUT2D eigenvalue weighted by Crippen LogP contribution is 2.28. The zero-order chi connectivity index (χ0) is 14.7. The van der Waals surface area contributed by atoms with Crippen LogP contribution in [-0.4, -0.2) is 41.2 Å². The fourth-order valence-corrected chi connectivity index (χ4v) is 1.26. The van der Waals surface area contributed by atoms with Crippen LogP contribution in [0.1, 0.15) is 5.69 Å². The summed E-state index contributed by atoms with van der Waals surface area (Å²) in [7, 11) is 0. The Morgan fingerprint density at radius 1 is 1.05 bits per heavy atom. The van der Waals surface area contributed by atoms with E-state index in [1.54, 1.807) is 0 Å². The number of alkyl halides is 6. The SMILES string of the molecule is OCCN(CC(F)(F)F)c1ccc(C(F)(F)F)nn1. The molecule has 0 fully saturated rings. The predicted octanol–water partition coefficient (Wildman–Crippen LogP) is 1.86. The lowest BCUT2D eigenvalue weighted by Gasteiger charge is -2.23. The molecule has 0 unspecified atom stereocenters. The van der Waals surface area contributed by atoms with Crippen molar-refractivity contribution in [2.75, 3.05) is 24.6 Å². The molecule has 0 atom stereocenters. The number of aliphatic hydroxyl groups is 1. The third-order valence-electron chi connectivity index (χ3n) is 2.00. The highest BCUT2D eigenvalue weighted by atomic mass is 19.4. The summed E-state index contributed by atoms with van der Waals surface area (Å²) in [6.07, 6.45) is -9.28. The topological polar surface area (TPSA) is 49.2 Å². The van der Waals surface area contributed by atoms with E-state index in [2.05, 4.69) is 10.2 Å². The Morgan fingerprint density at radius 3 is 2.05 bits per heavy atom. The normalized spacial score (nSPS) is 12.6. The second-order valence-corrected chi connectivity index (χ2v) is 3.53. The van der Waals surface area contributed by atoms with Crippen molar-refractivity contribution in [3.63, 3.8) is 0 Å². The van der Waals surface area contributed by atoms with Crippen LogP contribution in [-0.2, 0) is 6.18 Å². The first-order valence-electron chi connectivity index (χ1n) is 4.97. The Bertz CT molecular complexity index is 402. The van der Waals surface area contributed by atoms with Gasteiger partial charge in [-0.15, -0.1) is 10.2 Å². The maximum absolute atomic E-state index is 12.2. The van der Waals surface area contributed by atoms with Gasteiger partial charge in [0.15, 0.2) is 11.5 Å². The molecule has 0 spiro atoms. The third-order valence-corrected chi connectivity index (χ3v) is 2.00. The summed E-state index contributed by atoms with van der Waals surface area (Å²) < 4.78 is 73.3. The second-order valence-electron chi connectivity index (χ2n) is 3.53. The first kappa shape index (κ1) is 15.5. The van der Waals surface area contributed by atoms with Crippen LogP contribution >= 0.6 is 0 Å². The van der Waals surface area contributed by atoms with E-state index in [4.69, 9.17) is 5.11 Å². The van der Waals surface area contributed by atoms with Crippen molar-refractivity contribution in [3.8, 4) is 0 Å². The van der Waals surface area contributed by atoms with E-state index < -0.39 is 37.7 Å². The quantitative estimate of drug-likeness (QED) is 0.860. The van der Waals surface area contributed by atoms with Crippen molar-refractivity contribution < 1.29 is 31.4 Å². The van der Waals surface area contributed by atoms with Crippen molar-refractivity contribution >= 4 is 5.82 Å². The van der Waals surface area contributed by atoms with Gasteiger partial charge < -0.3 is 10.0 Å². The molecule has 0 saturated carbocycles. The van der Waals surface area contributed by atoms with Crippen LogP contribution in [0.5, 0.6) is 0 Å². The molecule has 0 aliphatic heterocycles. The summed E-state index contributed by atoms with van der Waals surface area (Å²) in [4.78, 5) is 0.590. The van der Waals surface area contributed by atoms with Crippen molar-refractivity contribution in [3.05, 3.63) is 17.8 Å². The zero-order valence-electron chi connectivity index (χ0n) is 9.33. The number of aliphatic hydroxyl groups excluding tert-OH is 1. The fraction of sp³-hybridized carbons (Fsp3) is 0.556. The summed E-state index contributed by atoms with van der Waals surface area (Å²) in [6, 6.07) is 1.31. The molecular formula is C9H9F6N3O. The lowest BCUT2D eigenvalue weighted by atomic mass is 10.3. The molecule has 4 nitrogen and oxygen atoms in total. The lowest BCUT2D eigenvalue weighted by Crippen LogP contribution is -2.37. The molecule has 108 valence electrons. The molecule has 0 saturated heterocycles. The first-order chi connectivity index (χ1) is 8.63. The van der Waals surface area contributed by atoms with Crippen molar-refractivity contribution in [2.45, 2.75) is 12.4 Å². The van der Waals surface area contributed by atoms with Crippen LogP contribution < -0.4 is 4.90 Å². The Kier molecular flexibility index (Phi) is 4.56. The van der Waals surface area contributed by atoms with Gasteiger partial charge in [0.25, 0.3) is 0 Å². The van der Waals surface area contributed by atoms with Gasteiger partial charge in [0, 0.05) is 6.54 Å². The number of anilines is 1. The van der Waals surface area contributed by atoms with Gasteiger partial charge in [-0.05, 0) is 12.1 Å². The van der Waals surface area contributed by atoms with Gasteiger partial charge in [0.2, 0.25) is 0 Å². The van der Waals surface area contributed by atoms with E-state index in [1.807, 2.05) is 0 Å². The minimum Gasteiger partial charge on any atom is -0.395 e. The van der Waals surface area contributed by atoms with Crippen molar-refractivity contribution in [1.82, 2.24) is 10.2 Å². The average Bonchev–Trinajstić information content (AvgIpc) is 2.26. The first-order valence-corrected chi connectivity index (χ1v) is 4.97. The Balaban J connectivity index is 2.91. The monoisotopic (exact) mass is 289 g/mol. The van der Waals surface area contributed by atoms with E-state index in [-0.39, 0.29) is 5.82 Å². The standard InChI is InChI=1S/C9H9F6N3O/c10-8(11,12)5-18(3-4-19)7-2-1-6(16-17-7)9(13,14)15/h1-2,19H,3-5H2. The van der Waals surface area contributed by atoms with Crippen LogP contribution in [0.4, 0.5) is 32.2 Å². The minimum atomic E-state index is -4.71. The summed E-state index contributed by atoms with van der Waals surface area (Å²) in [5, 5.41) is 14.6. The van der Waals surface area contributed by atoms with Crippen LogP contribution in [0.25, 0.3) is 0 Å². The molecule has 0 radical (unpaired) electrons. The maximum Gasteiger partial charge on any atom is 0.435 e. The fourth-order valence-electron chi connectivity index (χ4n) is 1.26. The molecule has 1 aromatic heterocycles. The lowest BCUT2D eigenvalue weighted by molar-refractivity contribution is -0.141. The highest BCUT2D eigenvalue weighted by Gasteiger charge is 2.34. The van der Waals surface area contributed by atoms with Crippen LogP contribution in [0.2, 0.25) is 0 Å². The highest BCUT2D eigenvalue weighted by molar-refractivity contribution is 5.37. The number of aromatic nitrogens is 2. The summed E-state index contributed by atoms with van der Waals surface area (Å²) in [6.45, 7) is -2.45. The molecule has 0 amide bonds. The zero-order valence-corrected chi connectivity index (χ0v) is 9.33. The largest absolute Gasteiger partial charge is 0.435 e. The molecule has 0 bridgehead atoms. The van der Waals surface area contributed by atoms with Gasteiger partial charge in [-0.1, -0.05) is 0 Å². The molecule has 1 heterocycles. The Labute approximate surface area is 103 Å². The molecule has 19 heavy (non-hydrogen) atoms. The van der Waals surface area contributed by atoms with Gasteiger partial charge in [-0.2, -0.15) is 26.3 Å². The van der Waals surface area contributed by atoms with Gasteiger partial charge in [0.1, 0.15) is 6.54 Å². The van der Waals surface area contributed by atoms with E-state index in [1.165, 1.54) is 0 Å². The molecule has 1 aromatic rings. The van der Waals surface area contributed by atoms with Crippen molar-refractivity contribution in [1.29, 1.82) is 0 Å². The van der Waals surface area contributed by atoms with Gasteiger partial charge in [-0.3, -0.25) is 0 Å². The molecular weight excluding hydrogens is 280 g/mol. The number of nitrogens with zero attached hydrogens (tertiary/aromatic N) is 3. The van der Waals surface area contributed by atoms with Gasteiger partial charge in [-0.25, -0.2) is 0 Å². The van der Waals surface area contributed by atoms with Crippen LogP contribution in [0.15, 0.2) is 12.1 Å². The Morgan fingerprint density at radius 2 is 1.68 bits per heavy atom. The van der Waals surface area contributed by atoms with Gasteiger partial charge in [0.05, 0.1) is 6.61 Å². The predicted molar refractivity (Wildman–Crippen MR) is 52.4 cm³/mol. The van der Waals surface area contributed by atoms with E-state index in [0.717, 1.165) is 6.07 Å². The molecule has 0 aliphatic carbocycles. The second kappa shape index (κ2) is 5.59. The van der Waals surface area contributed by atoms with E-state index in [0.29, 0.717) is 11.0 Å². The van der Waals surface area contributed by atoms with E-state index >= 15 is 0 Å².